The summed E-state index contributed by atoms with van der Waals surface area (Å²) in [7, 11) is 1.87. The van der Waals surface area contributed by atoms with Gasteiger partial charge in [0.2, 0.25) is 0 Å². The highest BCUT2D eigenvalue weighted by Crippen LogP contribution is 2.22. The van der Waals surface area contributed by atoms with Crippen LogP contribution in [-0.4, -0.2) is 27.2 Å². The second-order valence-electron chi connectivity index (χ2n) is 6.55. The smallest absolute Gasteiger partial charge is 0.258 e. The number of rotatable bonds is 4. The molecule has 6 nitrogen and oxygen atoms in total. The van der Waals surface area contributed by atoms with Crippen molar-refractivity contribution in [2.24, 2.45) is 7.05 Å². The Morgan fingerprint density at radius 2 is 2.07 bits per heavy atom. The molecule has 0 bridgehead atoms. The largest absolute Gasteiger partial charge is 0.355 e. The molecule has 2 aromatic heterocycles. The van der Waals surface area contributed by atoms with Crippen LogP contribution in [0.15, 0.2) is 71.8 Å². The molecule has 0 saturated heterocycles. The molecule has 6 heteroatoms. The van der Waals surface area contributed by atoms with Crippen molar-refractivity contribution in [3.8, 4) is 11.3 Å². The minimum atomic E-state index is -2.56. The van der Waals surface area contributed by atoms with E-state index in [1.54, 1.807) is 45.9 Å². The Hall–Kier alpha value is -3.67. The van der Waals surface area contributed by atoms with Gasteiger partial charge < -0.3 is 9.88 Å². The number of hydrogen-bond donors (Lipinski definition) is 1. The standard InChI is InChI=1S/C22H20N4O2/c1-23-21(27)18-5-3-4-15(12-18)14-26-11-9-16-13-17(6-7-19(16)22(26)28)20-8-10-24-25(20)2/h3-13H,14H2,1-2H3,(H,23,27)/i1D3. The highest BCUT2D eigenvalue weighted by atomic mass is 16.1. The van der Waals surface area contributed by atoms with E-state index >= 15 is 0 Å². The number of pyridine rings is 1. The SMILES string of the molecule is [2H]C([2H])([2H])NC(=O)c1cccc(Cn2ccc3cc(-c4ccnn4C)ccc3c2=O)c1. The lowest BCUT2D eigenvalue weighted by atomic mass is 10.1. The zero-order chi connectivity index (χ0) is 22.2. The molecule has 2 heterocycles. The van der Waals surface area contributed by atoms with Crippen LogP contribution in [0.1, 0.15) is 20.0 Å². The average Bonchev–Trinajstić information content (AvgIpc) is 3.15. The van der Waals surface area contributed by atoms with Crippen LogP contribution in [-0.2, 0) is 13.6 Å². The molecule has 0 unspecified atom stereocenters. The van der Waals surface area contributed by atoms with Gasteiger partial charge in [-0.2, -0.15) is 5.10 Å². The Morgan fingerprint density at radius 1 is 1.18 bits per heavy atom. The fourth-order valence-electron chi connectivity index (χ4n) is 3.31. The van der Waals surface area contributed by atoms with Gasteiger partial charge in [-0.3, -0.25) is 14.3 Å². The Kier molecular flexibility index (Phi) is 3.68. The molecule has 0 aliphatic carbocycles. The van der Waals surface area contributed by atoms with Crippen LogP contribution < -0.4 is 10.9 Å². The van der Waals surface area contributed by atoms with Crippen molar-refractivity contribution < 1.29 is 8.91 Å². The summed E-state index contributed by atoms with van der Waals surface area (Å²) in [5.41, 5.74) is 2.72. The summed E-state index contributed by atoms with van der Waals surface area (Å²) in [5, 5.41) is 7.56. The predicted octanol–water partition coefficient (Wildman–Crippen LogP) is 2.81. The van der Waals surface area contributed by atoms with Gasteiger partial charge in [0.05, 0.1) is 12.2 Å². The lowest BCUT2D eigenvalue weighted by molar-refractivity contribution is 0.0963. The third-order valence-corrected chi connectivity index (χ3v) is 4.75. The van der Waals surface area contributed by atoms with E-state index in [1.807, 2.05) is 36.6 Å². The fourth-order valence-corrected chi connectivity index (χ4v) is 3.31. The van der Waals surface area contributed by atoms with Gasteiger partial charge in [0.15, 0.2) is 0 Å². The molecule has 0 aliphatic heterocycles. The van der Waals surface area contributed by atoms with Crippen LogP contribution in [0.5, 0.6) is 0 Å². The van der Waals surface area contributed by atoms with Gasteiger partial charge in [0.25, 0.3) is 11.5 Å². The average molecular weight is 375 g/mol. The topological polar surface area (TPSA) is 68.9 Å². The zero-order valence-electron chi connectivity index (χ0n) is 18.2. The molecule has 0 saturated carbocycles. The van der Waals surface area contributed by atoms with E-state index in [4.69, 9.17) is 4.11 Å². The van der Waals surface area contributed by atoms with Gasteiger partial charge in [-0.25, -0.2) is 0 Å². The van der Waals surface area contributed by atoms with Crippen molar-refractivity contribution in [2.75, 3.05) is 6.98 Å². The third-order valence-electron chi connectivity index (χ3n) is 4.75. The highest BCUT2D eigenvalue weighted by molar-refractivity contribution is 5.94. The molecule has 0 atom stereocenters. The van der Waals surface area contributed by atoms with Gasteiger partial charge >= 0.3 is 0 Å². The number of benzene rings is 2. The van der Waals surface area contributed by atoms with Crippen molar-refractivity contribution in [3.05, 3.63) is 88.5 Å². The number of fused-ring (bicyclic) bond motifs is 1. The van der Waals surface area contributed by atoms with Gasteiger partial charge in [-0.05, 0) is 47.3 Å². The summed E-state index contributed by atoms with van der Waals surface area (Å²) in [6, 6.07) is 16.0. The molecule has 140 valence electrons. The molecule has 1 amide bonds. The molecular weight excluding hydrogens is 352 g/mol. The van der Waals surface area contributed by atoms with Crippen molar-refractivity contribution >= 4 is 16.7 Å². The van der Waals surface area contributed by atoms with Crippen molar-refractivity contribution in [2.45, 2.75) is 6.54 Å². The van der Waals surface area contributed by atoms with E-state index in [2.05, 4.69) is 5.10 Å². The summed E-state index contributed by atoms with van der Waals surface area (Å²) in [6.07, 6.45) is 3.44. The van der Waals surface area contributed by atoms with Crippen LogP contribution in [0.3, 0.4) is 0 Å². The number of carbonyl (C=O) groups is 1. The summed E-state index contributed by atoms with van der Waals surface area (Å²) < 4.78 is 24.9. The molecule has 1 N–H and O–H groups in total. The Balaban J connectivity index is 1.63. The van der Waals surface area contributed by atoms with Gasteiger partial charge in [0.1, 0.15) is 0 Å². The quantitative estimate of drug-likeness (QED) is 0.596. The zero-order valence-corrected chi connectivity index (χ0v) is 15.2. The number of aromatic nitrogens is 3. The minimum absolute atomic E-state index is 0.147. The first-order valence-corrected chi connectivity index (χ1v) is 8.74. The molecule has 2 aromatic carbocycles. The molecule has 0 spiro atoms. The second-order valence-corrected chi connectivity index (χ2v) is 6.55. The molecule has 0 radical (unpaired) electrons. The van der Waals surface area contributed by atoms with E-state index in [9.17, 15) is 9.59 Å². The number of nitrogens with zero attached hydrogens (tertiary/aromatic N) is 3. The summed E-state index contributed by atoms with van der Waals surface area (Å²) in [5.74, 6) is -0.685. The van der Waals surface area contributed by atoms with E-state index in [0.717, 1.165) is 16.6 Å². The van der Waals surface area contributed by atoms with Crippen LogP contribution in [0.2, 0.25) is 0 Å². The first-order chi connectivity index (χ1) is 14.7. The van der Waals surface area contributed by atoms with Gasteiger partial charge in [-0.15, -0.1) is 0 Å². The number of amides is 1. The van der Waals surface area contributed by atoms with Crippen molar-refractivity contribution in [3.63, 3.8) is 0 Å². The van der Waals surface area contributed by atoms with Crippen LogP contribution in [0.4, 0.5) is 0 Å². The number of carbonyl (C=O) groups excluding carboxylic acids is 1. The van der Waals surface area contributed by atoms with Crippen LogP contribution >= 0.6 is 0 Å². The maximum Gasteiger partial charge on any atom is 0.258 e. The van der Waals surface area contributed by atoms with Crippen LogP contribution in [0, 0.1) is 0 Å². The van der Waals surface area contributed by atoms with Gasteiger partial charge in [-0.1, -0.05) is 18.2 Å². The van der Waals surface area contributed by atoms with E-state index in [1.165, 1.54) is 6.07 Å². The monoisotopic (exact) mass is 375 g/mol. The summed E-state index contributed by atoms with van der Waals surface area (Å²) >= 11 is 0. The maximum atomic E-state index is 13.0. The van der Waals surface area contributed by atoms with Crippen molar-refractivity contribution in [1.29, 1.82) is 0 Å². The fraction of sp³-hybridized carbons (Fsp3) is 0.136. The number of nitrogens with one attached hydrogen (secondary N) is 1. The van der Waals surface area contributed by atoms with E-state index in [0.29, 0.717) is 10.9 Å². The van der Waals surface area contributed by atoms with Crippen LogP contribution in [0.25, 0.3) is 22.0 Å². The minimum Gasteiger partial charge on any atom is -0.355 e. The Morgan fingerprint density at radius 3 is 2.86 bits per heavy atom. The number of hydrogen-bond acceptors (Lipinski definition) is 3. The molecule has 28 heavy (non-hydrogen) atoms. The summed E-state index contributed by atoms with van der Waals surface area (Å²) in [4.78, 5) is 25.1. The van der Waals surface area contributed by atoms with E-state index in [-0.39, 0.29) is 17.7 Å². The van der Waals surface area contributed by atoms with Gasteiger partial charge in [0, 0.05) is 47.0 Å². The predicted molar refractivity (Wildman–Crippen MR) is 109 cm³/mol. The first kappa shape index (κ1) is 14.4. The molecular formula is C22H20N4O2. The Labute approximate surface area is 166 Å². The molecule has 4 rings (SSSR count). The van der Waals surface area contributed by atoms with Crippen molar-refractivity contribution in [1.82, 2.24) is 19.7 Å². The second kappa shape index (κ2) is 7.15. The molecule has 0 aliphatic rings. The lowest BCUT2D eigenvalue weighted by Crippen LogP contribution is -2.21. The third kappa shape index (κ3) is 3.20. The van der Waals surface area contributed by atoms with E-state index < -0.39 is 12.9 Å². The highest BCUT2D eigenvalue weighted by Gasteiger charge is 2.09. The molecule has 4 aromatic rings. The normalized spacial score (nSPS) is 13.0. The summed E-state index contributed by atoms with van der Waals surface area (Å²) in [6.45, 7) is -2.30. The first-order valence-electron chi connectivity index (χ1n) is 10.2. The number of aryl methyl sites for hydroxylation is 1. The lowest BCUT2D eigenvalue weighted by Gasteiger charge is -2.10. The maximum absolute atomic E-state index is 13.0. The Bertz CT molecular complexity index is 1340. The molecule has 0 fully saturated rings.